The van der Waals surface area contributed by atoms with Crippen LogP contribution in [0.5, 0.6) is 0 Å². The van der Waals surface area contributed by atoms with Gasteiger partial charge in [0, 0.05) is 38.0 Å². The van der Waals surface area contributed by atoms with E-state index >= 15 is 0 Å². The van der Waals surface area contributed by atoms with Crippen LogP contribution in [-0.4, -0.2) is 65.7 Å². The Morgan fingerprint density at radius 2 is 1.58 bits per heavy atom. The average Bonchev–Trinajstić information content (AvgIpc) is 3.43. The molecule has 8 heteroatoms. The largest absolute Gasteiger partial charge is 0.457 e. The molecule has 4 rings (SSSR count). The van der Waals surface area contributed by atoms with Crippen molar-refractivity contribution < 1.29 is 18.9 Å². The number of hydrogen-bond acceptors (Lipinski definition) is 5. The van der Waals surface area contributed by atoms with Crippen molar-refractivity contribution in [2.45, 2.75) is 141 Å². The number of nitrogens with zero attached hydrogens (tertiary/aromatic N) is 1. The van der Waals surface area contributed by atoms with Crippen molar-refractivity contribution in [1.82, 2.24) is 15.5 Å². The number of hydrogen-bond donors (Lipinski definition) is 2. The van der Waals surface area contributed by atoms with Gasteiger partial charge in [0.15, 0.2) is 0 Å². The lowest BCUT2D eigenvalue weighted by atomic mass is 9.64. The maximum absolute atomic E-state index is 13.9. The van der Waals surface area contributed by atoms with Gasteiger partial charge in [-0.05, 0) is 91.3 Å². The number of unbranched alkanes of at least 4 members (excludes halogenated alkanes) is 1. The second-order valence-electron chi connectivity index (χ2n) is 13.0. The summed E-state index contributed by atoms with van der Waals surface area (Å²) in [7, 11) is -0.221. The van der Waals surface area contributed by atoms with E-state index in [2.05, 4.69) is 50.2 Å². The highest BCUT2D eigenvalue weighted by Gasteiger charge is 2.54. The third-order valence-electron chi connectivity index (χ3n) is 10.00. The zero-order valence-electron chi connectivity index (χ0n) is 23.7. The molecule has 3 aliphatic heterocycles. The predicted molar refractivity (Wildman–Crippen MR) is 144 cm³/mol. The first-order valence-electron chi connectivity index (χ1n) is 14.7. The van der Waals surface area contributed by atoms with Gasteiger partial charge in [0.2, 0.25) is 11.8 Å². The minimum absolute atomic E-state index is 0.0167. The monoisotopic (exact) mass is 503 g/mol. The summed E-state index contributed by atoms with van der Waals surface area (Å²) < 4.78 is 12.5. The Labute approximate surface area is 219 Å². The molecule has 2 bridgehead atoms. The smallest absolute Gasteiger partial charge is 0.403 e. The van der Waals surface area contributed by atoms with Gasteiger partial charge in [-0.15, -0.1) is 0 Å². The maximum atomic E-state index is 13.9. The van der Waals surface area contributed by atoms with E-state index in [-0.39, 0.29) is 36.1 Å². The van der Waals surface area contributed by atoms with Gasteiger partial charge in [-0.2, -0.15) is 0 Å². The fraction of sp³-hybridized carbons (Fsp3) is 0.929. The maximum Gasteiger partial charge on any atom is 0.457 e. The van der Waals surface area contributed by atoms with E-state index in [1.807, 2.05) is 0 Å². The number of nitrogens with one attached hydrogen (secondary N) is 2. The normalized spacial score (nSPS) is 35.2. The molecular formula is C28H50BN3O4. The summed E-state index contributed by atoms with van der Waals surface area (Å²) in [4.78, 5) is 29.1. The first-order valence-corrected chi connectivity index (χ1v) is 14.7. The molecule has 1 aliphatic carbocycles. The van der Waals surface area contributed by atoms with Crippen molar-refractivity contribution in [3.05, 3.63) is 0 Å². The first-order chi connectivity index (χ1) is 17.0. The van der Waals surface area contributed by atoms with Crippen LogP contribution in [0, 0.1) is 11.8 Å². The SMILES string of the molecule is CCCCNC(=O)[C@@]1(NC(C)=O)C[C@H](CCB2OC(C)(C)C(C)(C)O2)CC[C@H]1CN1C2CCC1CC2. The van der Waals surface area contributed by atoms with Crippen LogP contribution in [0.25, 0.3) is 0 Å². The van der Waals surface area contributed by atoms with Crippen molar-refractivity contribution in [3.63, 3.8) is 0 Å². The predicted octanol–water partition coefficient (Wildman–Crippen LogP) is 4.30. The first kappa shape index (κ1) is 27.9. The zero-order chi connectivity index (χ0) is 26.1. The van der Waals surface area contributed by atoms with E-state index < -0.39 is 5.54 Å². The molecule has 0 spiro atoms. The molecule has 0 aromatic rings. The molecule has 3 saturated heterocycles. The van der Waals surface area contributed by atoms with E-state index in [1.54, 1.807) is 6.92 Å². The molecule has 0 unspecified atom stereocenters. The molecule has 36 heavy (non-hydrogen) atoms. The van der Waals surface area contributed by atoms with Crippen LogP contribution in [0.3, 0.4) is 0 Å². The van der Waals surface area contributed by atoms with Crippen LogP contribution < -0.4 is 10.6 Å². The number of carbonyl (C=O) groups excluding carboxylic acids is 2. The Bertz CT molecular complexity index is 770. The second kappa shape index (κ2) is 10.9. The molecule has 7 nitrogen and oxygen atoms in total. The summed E-state index contributed by atoms with van der Waals surface area (Å²) in [6.07, 6.45) is 11.6. The third kappa shape index (κ3) is 5.66. The van der Waals surface area contributed by atoms with Crippen molar-refractivity contribution in [2.75, 3.05) is 13.1 Å². The lowest BCUT2D eigenvalue weighted by molar-refractivity contribution is -0.138. The number of rotatable bonds is 10. The molecule has 204 valence electrons. The van der Waals surface area contributed by atoms with Gasteiger partial charge in [0.25, 0.3) is 0 Å². The van der Waals surface area contributed by atoms with Gasteiger partial charge >= 0.3 is 7.12 Å². The molecule has 3 atom stereocenters. The van der Waals surface area contributed by atoms with E-state index in [0.29, 0.717) is 31.0 Å². The van der Waals surface area contributed by atoms with Crippen LogP contribution >= 0.6 is 0 Å². The molecule has 0 radical (unpaired) electrons. The second-order valence-corrected chi connectivity index (χ2v) is 13.0. The Morgan fingerprint density at radius 1 is 0.972 bits per heavy atom. The highest BCUT2D eigenvalue weighted by atomic mass is 16.7. The Morgan fingerprint density at radius 3 is 2.14 bits per heavy atom. The zero-order valence-corrected chi connectivity index (χ0v) is 23.7. The average molecular weight is 504 g/mol. The third-order valence-corrected chi connectivity index (χ3v) is 10.00. The van der Waals surface area contributed by atoms with Gasteiger partial charge in [-0.25, -0.2) is 0 Å². The van der Waals surface area contributed by atoms with E-state index in [0.717, 1.165) is 45.0 Å². The summed E-state index contributed by atoms with van der Waals surface area (Å²) >= 11 is 0. The highest BCUT2D eigenvalue weighted by Crippen LogP contribution is 2.45. The van der Waals surface area contributed by atoms with Gasteiger partial charge in [-0.1, -0.05) is 19.8 Å². The number of fused-ring (bicyclic) bond motifs is 2. The number of carbonyl (C=O) groups is 2. The van der Waals surface area contributed by atoms with Crippen LogP contribution in [0.1, 0.15) is 106 Å². The molecule has 0 aromatic heterocycles. The molecule has 0 aromatic carbocycles. The quantitative estimate of drug-likeness (QED) is 0.343. The summed E-state index contributed by atoms with van der Waals surface area (Å²) in [5, 5.41) is 6.45. The van der Waals surface area contributed by atoms with Crippen molar-refractivity contribution in [3.8, 4) is 0 Å². The fourth-order valence-electron chi connectivity index (χ4n) is 7.27. The van der Waals surface area contributed by atoms with Gasteiger partial charge in [0.1, 0.15) is 5.54 Å². The molecule has 4 aliphatic rings. The lowest BCUT2D eigenvalue weighted by Gasteiger charge is -2.48. The van der Waals surface area contributed by atoms with E-state index in [1.165, 1.54) is 25.7 Å². The van der Waals surface area contributed by atoms with Crippen molar-refractivity contribution in [1.29, 1.82) is 0 Å². The Kier molecular flexibility index (Phi) is 8.48. The van der Waals surface area contributed by atoms with Crippen LogP contribution in [0.2, 0.25) is 6.32 Å². The van der Waals surface area contributed by atoms with E-state index in [4.69, 9.17) is 9.31 Å². The molecule has 4 fully saturated rings. The van der Waals surface area contributed by atoms with Gasteiger partial charge in [-0.3, -0.25) is 14.5 Å². The summed E-state index contributed by atoms with van der Waals surface area (Å²) in [5.74, 6) is 0.390. The minimum Gasteiger partial charge on any atom is -0.403 e. The van der Waals surface area contributed by atoms with Crippen molar-refractivity contribution >= 4 is 18.9 Å². The highest BCUT2D eigenvalue weighted by molar-refractivity contribution is 6.45. The van der Waals surface area contributed by atoms with Gasteiger partial charge in [0.05, 0.1) is 11.2 Å². The minimum atomic E-state index is -0.847. The topological polar surface area (TPSA) is 79.9 Å². The molecule has 2 N–H and O–H groups in total. The Balaban J connectivity index is 1.49. The van der Waals surface area contributed by atoms with Crippen LogP contribution in [-0.2, 0) is 18.9 Å². The molecular weight excluding hydrogens is 453 g/mol. The summed E-state index contributed by atoms with van der Waals surface area (Å²) in [6.45, 7) is 13.6. The van der Waals surface area contributed by atoms with Crippen LogP contribution in [0.15, 0.2) is 0 Å². The Hall–Kier alpha value is -1.12. The standard InChI is InChI=1S/C28H50BN3O4/c1-7-8-17-30-25(34)28(31-20(2)33)18-21(15-16-29-35-26(3,4)27(5,6)36-29)9-10-22(28)19-32-23-11-12-24(32)14-13-23/h21-24H,7-19H2,1-6H3,(H,30,34)(H,31,33)/t21-,22-,23?,24?,28+/m0/s1. The summed E-state index contributed by atoms with van der Waals surface area (Å²) in [6, 6.07) is 1.32. The van der Waals surface area contributed by atoms with E-state index in [9.17, 15) is 9.59 Å². The van der Waals surface area contributed by atoms with Gasteiger partial charge < -0.3 is 19.9 Å². The van der Waals surface area contributed by atoms with Crippen LogP contribution in [0.4, 0.5) is 0 Å². The molecule has 1 saturated carbocycles. The molecule has 3 heterocycles. The van der Waals surface area contributed by atoms with Crippen molar-refractivity contribution in [2.24, 2.45) is 11.8 Å². The number of amides is 2. The molecule has 2 amide bonds. The lowest BCUT2D eigenvalue weighted by Crippen LogP contribution is -2.66. The fourth-order valence-corrected chi connectivity index (χ4v) is 7.27. The summed E-state index contributed by atoms with van der Waals surface area (Å²) in [5.41, 5.74) is -1.51.